The van der Waals surface area contributed by atoms with Gasteiger partial charge in [-0.1, -0.05) is 0 Å². The number of nitrogens with one attached hydrogen (secondary N) is 1. The van der Waals surface area contributed by atoms with Crippen molar-refractivity contribution >= 4 is 33.6 Å². The second-order valence-corrected chi connectivity index (χ2v) is 7.50. The van der Waals surface area contributed by atoms with Crippen LogP contribution in [0, 0.1) is 6.92 Å². The van der Waals surface area contributed by atoms with Crippen molar-refractivity contribution in [1.82, 2.24) is 19.8 Å². The van der Waals surface area contributed by atoms with Crippen LogP contribution in [0.1, 0.15) is 41.9 Å². The van der Waals surface area contributed by atoms with Crippen LogP contribution in [0.4, 0.5) is 4.79 Å². The summed E-state index contributed by atoms with van der Waals surface area (Å²) in [5.74, 6) is -0.187. The Bertz CT molecular complexity index is 912. The van der Waals surface area contributed by atoms with Gasteiger partial charge < -0.3 is 15.0 Å². The smallest absolute Gasteiger partial charge is 0.409 e. The summed E-state index contributed by atoms with van der Waals surface area (Å²) >= 11 is 1.24. The molecule has 3 rings (SSSR count). The van der Waals surface area contributed by atoms with Crippen molar-refractivity contribution < 1.29 is 14.3 Å². The molecule has 0 unspecified atom stereocenters. The lowest BCUT2D eigenvalue weighted by Gasteiger charge is -2.31. The highest BCUT2D eigenvalue weighted by Gasteiger charge is 2.26. The molecule has 0 spiro atoms. The first-order chi connectivity index (χ1) is 13.0. The zero-order valence-electron chi connectivity index (χ0n) is 15.8. The van der Waals surface area contributed by atoms with Gasteiger partial charge in [0, 0.05) is 25.7 Å². The lowest BCUT2D eigenvalue weighted by molar-refractivity contribution is 0.0862. The number of fused-ring (bicyclic) bond motifs is 1. The summed E-state index contributed by atoms with van der Waals surface area (Å²) in [5.41, 5.74) is 0.565. The van der Waals surface area contributed by atoms with Crippen molar-refractivity contribution in [2.75, 3.05) is 19.7 Å². The van der Waals surface area contributed by atoms with Crippen LogP contribution in [-0.4, -0.2) is 52.2 Å². The van der Waals surface area contributed by atoms with E-state index in [1.54, 1.807) is 18.7 Å². The van der Waals surface area contributed by atoms with Gasteiger partial charge in [-0.25, -0.2) is 9.78 Å². The van der Waals surface area contributed by atoms with Gasteiger partial charge in [-0.15, -0.1) is 11.3 Å². The number of carbonyl (C=O) groups is 2. The molecule has 146 valence electrons. The van der Waals surface area contributed by atoms with Crippen LogP contribution in [0.5, 0.6) is 0 Å². The summed E-state index contributed by atoms with van der Waals surface area (Å²) in [6, 6.07) is -0.00644. The molecular formula is C18H24N4O4S. The third-order valence-electron chi connectivity index (χ3n) is 4.82. The Hall–Kier alpha value is -2.42. The zero-order chi connectivity index (χ0) is 19.6. The van der Waals surface area contributed by atoms with E-state index in [9.17, 15) is 14.4 Å². The van der Waals surface area contributed by atoms with E-state index in [-0.39, 0.29) is 23.6 Å². The molecule has 2 amide bonds. The van der Waals surface area contributed by atoms with E-state index >= 15 is 0 Å². The van der Waals surface area contributed by atoms with E-state index in [2.05, 4.69) is 10.3 Å². The minimum atomic E-state index is -0.305. The Morgan fingerprint density at radius 1 is 1.33 bits per heavy atom. The number of piperidine rings is 1. The van der Waals surface area contributed by atoms with Crippen LogP contribution < -0.4 is 10.9 Å². The molecule has 0 radical (unpaired) electrons. The number of nitrogens with zero attached hydrogens (tertiary/aromatic N) is 3. The second-order valence-electron chi connectivity index (χ2n) is 6.51. The van der Waals surface area contributed by atoms with Gasteiger partial charge in [0.05, 0.1) is 23.2 Å². The number of aryl methyl sites for hydroxylation is 2. The number of carbonyl (C=O) groups excluding carboxylic acids is 2. The van der Waals surface area contributed by atoms with Crippen LogP contribution >= 0.6 is 11.3 Å². The van der Waals surface area contributed by atoms with Crippen LogP contribution in [-0.2, 0) is 11.3 Å². The molecule has 9 heteroatoms. The van der Waals surface area contributed by atoms with Gasteiger partial charge in [0.15, 0.2) is 0 Å². The highest BCUT2D eigenvalue weighted by Crippen LogP contribution is 2.27. The van der Waals surface area contributed by atoms with Gasteiger partial charge in [0.25, 0.3) is 11.5 Å². The van der Waals surface area contributed by atoms with Crippen molar-refractivity contribution in [2.45, 2.75) is 46.2 Å². The standard InChI is InChI=1S/C18H24N4O4S/c1-4-21-10-19-16-13(17(21)24)11(3)14(27-16)15(23)20-12-6-8-22(9-7-12)18(25)26-5-2/h10,12H,4-9H2,1-3H3,(H,20,23). The lowest BCUT2D eigenvalue weighted by Crippen LogP contribution is -2.46. The van der Waals surface area contributed by atoms with Crippen molar-refractivity contribution in [3.8, 4) is 0 Å². The molecule has 2 aromatic rings. The summed E-state index contributed by atoms with van der Waals surface area (Å²) in [4.78, 5) is 44.1. The number of hydrogen-bond donors (Lipinski definition) is 1. The van der Waals surface area contributed by atoms with E-state index in [1.165, 1.54) is 22.2 Å². The second kappa shape index (κ2) is 8.08. The van der Waals surface area contributed by atoms with E-state index in [0.29, 0.717) is 59.7 Å². The van der Waals surface area contributed by atoms with Crippen LogP contribution in [0.2, 0.25) is 0 Å². The minimum Gasteiger partial charge on any atom is -0.450 e. The molecule has 27 heavy (non-hydrogen) atoms. The van der Waals surface area contributed by atoms with Crippen LogP contribution in [0.15, 0.2) is 11.1 Å². The average molecular weight is 392 g/mol. The maximum atomic E-state index is 12.7. The SMILES string of the molecule is CCOC(=O)N1CCC(NC(=O)c2sc3ncn(CC)c(=O)c3c2C)CC1. The zero-order valence-corrected chi connectivity index (χ0v) is 16.6. The van der Waals surface area contributed by atoms with Gasteiger partial charge in [-0.3, -0.25) is 14.2 Å². The Kier molecular flexibility index (Phi) is 5.79. The van der Waals surface area contributed by atoms with E-state index < -0.39 is 0 Å². The molecule has 0 aliphatic carbocycles. The number of rotatable bonds is 4. The first-order valence-corrected chi connectivity index (χ1v) is 9.99. The summed E-state index contributed by atoms with van der Waals surface area (Å²) in [6.45, 7) is 7.46. The molecule has 8 nitrogen and oxygen atoms in total. The number of likely N-dealkylation sites (tertiary alicyclic amines) is 1. The number of aromatic nitrogens is 2. The van der Waals surface area contributed by atoms with Gasteiger partial charge in [-0.05, 0) is 39.2 Å². The van der Waals surface area contributed by atoms with Gasteiger partial charge in [-0.2, -0.15) is 0 Å². The predicted molar refractivity (Wildman–Crippen MR) is 103 cm³/mol. The quantitative estimate of drug-likeness (QED) is 0.860. The molecule has 0 bridgehead atoms. The third-order valence-corrected chi connectivity index (χ3v) is 6.02. The number of thiophene rings is 1. The number of hydrogen-bond acceptors (Lipinski definition) is 6. The van der Waals surface area contributed by atoms with Crippen LogP contribution in [0.25, 0.3) is 10.2 Å². The van der Waals surface area contributed by atoms with E-state index in [1.807, 2.05) is 6.92 Å². The molecule has 1 saturated heterocycles. The molecule has 1 fully saturated rings. The molecule has 1 N–H and O–H groups in total. The largest absolute Gasteiger partial charge is 0.450 e. The Morgan fingerprint density at radius 3 is 2.67 bits per heavy atom. The number of ether oxygens (including phenoxy) is 1. The Morgan fingerprint density at radius 2 is 2.04 bits per heavy atom. The summed E-state index contributed by atoms with van der Waals surface area (Å²) < 4.78 is 6.55. The van der Waals surface area contributed by atoms with Crippen molar-refractivity contribution in [2.24, 2.45) is 0 Å². The fourth-order valence-electron chi connectivity index (χ4n) is 3.27. The highest BCUT2D eigenvalue weighted by molar-refractivity contribution is 7.20. The van der Waals surface area contributed by atoms with Crippen molar-refractivity contribution in [3.63, 3.8) is 0 Å². The summed E-state index contributed by atoms with van der Waals surface area (Å²) in [5, 5.41) is 3.55. The molecule has 0 saturated carbocycles. The molecule has 2 aromatic heterocycles. The van der Waals surface area contributed by atoms with Gasteiger partial charge in [0.2, 0.25) is 0 Å². The lowest BCUT2D eigenvalue weighted by atomic mass is 10.1. The molecular weight excluding hydrogens is 368 g/mol. The van der Waals surface area contributed by atoms with Gasteiger partial charge >= 0.3 is 6.09 Å². The topological polar surface area (TPSA) is 93.5 Å². The number of amides is 2. The maximum absolute atomic E-state index is 12.7. The minimum absolute atomic E-state index is 0.00644. The van der Waals surface area contributed by atoms with Crippen molar-refractivity contribution in [3.05, 3.63) is 27.1 Å². The monoisotopic (exact) mass is 392 g/mol. The summed E-state index contributed by atoms with van der Waals surface area (Å²) in [6.07, 6.45) is 2.57. The van der Waals surface area contributed by atoms with Crippen molar-refractivity contribution in [1.29, 1.82) is 0 Å². The van der Waals surface area contributed by atoms with Gasteiger partial charge in [0.1, 0.15) is 4.83 Å². The molecule has 0 atom stereocenters. The fraction of sp³-hybridized carbons (Fsp3) is 0.556. The fourth-order valence-corrected chi connectivity index (χ4v) is 4.32. The Balaban J connectivity index is 1.71. The average Bonchev–Trinajstić information content (AvgIpc) is 3.00. The van der Waals surface area contributed by atoms with Crippen LogP contribution in [0.3, 0.4) is 0 Å². The predicted octanol–water partition coefficient (Wildman–Crippen LogP) is 2.14. The molecule has 3 heterocycles. The summed E-state index contributed by atoms with van der Waals surface area (Å²) in [7, 11) is 0. The Labute approximate surface area is 161 Å². The van der Waals surface area contributed by atoms with E-state index in [0.717, 1.165) is 0 Å². The first-order valence-electron chi connectivity index (χ1n) is 9.17. The normalized spacial score (nSPS) is 15.1. The highest BCUT2D eigenvalue weighted by atomic mass is 32.1. The third kappa shape index (κ3) is 3.83. The molecule has 1 aliphatic rings. The van der Waals surface area contributed by atoms with E-state index in [4.69, 9.17) is 4.74 Å². The molecule has 0 aromatic carbocycles. The molecule has 1 aliphatic heterocycles. The first kappa shape index (κ1) is 19.3. The maximum Gasteiger partial charge on any atom is 0.409 e.